The number of carbonyl (C=O) groups is 1. The fourth-order valence-electron chi connectivity index (χ4n) is 1.91. The molecular weight excluding hydrogens is 292 g/mol. The van der Waals surface area contributed by atoms with Gasteiger partial charge in [-0.15, -0.1) is 0 Å². The lowest BCUT2D eigenvalue weighted by molar-refractivity contribution is -0.126. The minimum absolute atomic E-state index is 0.0238. The first-order chi connectivity index (χ1) is 8.47. The van der Waals surface area contributed by atoms with Gasteiger partial charge in [-0.3, -0.25) is 4.79 Å². The summed E-state index contributed by atoms with van der Waals surface area (Å²) in [4.78, 5) is 12.1. The van der Waals surface area contributed by atoms with Crippen LogP contribution in [-0.4, -0.2) is 12.5 Å². The lowest BCUT2D eigenvalue weighted by atomic mass is 9.94. The SMILES string of the molecule is CC(NC(=O)C(CN)C(C)C)c1ccccc1Br. The Labute approximate surface area is 117 Å². The normalized spacial score (nSPS) is 14.3. The molecule has 0 spiro atoms. The Morgan fingerprint density at radius 2 is 1.94 bits per heavy atom. The third-order valence-electron chi connectivity index (χ3n) is 3.13. The Bertz CT molecular complexity index is 407. The molecule has 0 fully saturated rings. The highest BCUT2D eigenvalue weighted by Gasteiger charge is 2.22. The lowest BCUT2D eigenvalue weighted by Crippen LogP contribution is -2.39. The van der Waals surface area contributed by atoms with E-state index in [0.29, 0.717) is 6.54 Å². The Morgan fingerprint density at radius 3 is 2.44 bits per heavy atom. The number of hydrogen-bond donors (Lipinski definition) is 2. The Hall–Kier alpha value is -0.870. The van der Waals surface area contributed by atoms with Crippen LogP contribution < -0.4 is 11.1 Å². The smallest absolute Gasteiger partial charge is 0.225 e. The molecule has 1 rings (SSSR count). The Kier molecular flexibility index (Phi) is 5.82. The summed E-state index contributed by atoms with van der Waals surface area (Å²) in [6, 6.07) is 7.87. The molecular formula is C14H21BrN2O. The van der Waals surface area contributed by atoms with E-state index in [-0.39, 0.29) is 23.8 Å². The topological polar surface area (TPSA) is 55.1 Å². The first-order valence-corrected chi connectivity index (χ1v) is 7.01. The summed E-state index contributed by atoms with van der Waals surface area (Å²) in [5.74, 6) is 0.145. The summed E-state index contributed by atoms with van der Waals surface area (Å²) in [5.41, 5.74) is 6.72. The maximum absolute atomic E-state index is 12.1. The van der Waals surface area contributed by atoms with E-state index in [1.165, 1.54) is 0 Å². The van der Waals surface area contributed by atoms with E-state index < -0.39 is 0 Å². The number of carbonyl (C=O) groups excluding carboxylic acids is 1. The molecule has 0 aromatic heterocycles. The molecule has 3 nitrogen and oxygen atoms in total. The molecule has 0 saturated heterocycles. The van der Waals surface area contributed by atoms with Crippen molar-refractivity contribution >= 4 is 21.8 Å². The van der Waals surface area contributed by atoms with E-state index in [0.717, 1.165) is 10.0 Å². The van der Waals surface area contributed by atoms with Crippen molar-refractivity contribution in [2.45, 2.75) is 26.8 Å². The minimum Gasteiger partial charge on any atom is -0.349 e. The molecule has 1 aromatic rings. The van der Waals surface area contributed by atoms with Crippen molar-refractivity contribution in [2.24, 2.45) is 17.6 Å². The molecule has 0 aliphatic carbocycles. The molecule has 2 atom stereocenters. The molecule has 1 amide bonds. The molecule has 18 heavy (non-hydrogen) atoms. The first kappa shape index (κ1) is 15.2. The van der Waals surface area contributed by atoms with Gasteiger partial charge in [0.2, 0.25) is 5.91 Å². The molecule has 2 unspecified atom stereocenters. The number of nitrogens with two attached hydrogens (primary N) is 1. The molecule has 3 N–H and O–H groups in total. The lowest BCUT2D eigenvalue weighted by Gasteiger charge is -2.22. The largest absolute Gasteiger partial charge is 0.349 e. The van der Waals surface area contributed by atoms with Gasteiger partial charge in [0.05, 0.1) is 12.0 Å². The monoisotopic (exact) mass is 312 g/mol. The van der Waals surface area contributed by atoms with Crippen LogP contribution in [0.25, 0.3) is 0 Å². The van der Waals surface area contributed by atoms with Gasteiger partial charge < -0.3 is 11.1 Å². The van der Waals surface area contributed by atoms with E-state index in [2.05, 4.69) is 21.2 Å². The van der Waals surface area contributed by atoms with Crippen LogP contribution in [0.3, 0.4) is 0 Å². The standard InChI is InChI=1S/C14H21BrN2O/c1-9(2)12(8-16)14(18)17-10(3)11-6-4-5-7-13(11)15/h4-7,9-10,12H,8,16H2,1-3H3,(H,17,18). The first-order valence-electron chi connectivity index (χ1n) is 6.22. The summed E-state index contributed by atoms with van der Waals surface area (Å²) >= 11 is 3.49. The fraction of sp³-hybridized carbons (Fsp3) is 0.500. The van der Waals surface area contributed by atoms with Crippen molar-refractivity contribution in [3.05, 3.63) is 34.3 Å². The highest BCUT2D eigenvalue weighted by atomic mass is 79.9. The maximum Gasteiger partial charge on any atom is 0.225 e. The predicted octanol–water partition coefficient (Wildman–Crippen LogP) is 2.86. The number of halogens is 1. The number of rotatable bonds is 5. The van der Waals surface area contributed by atoms with Crippen molar-refractivity contribution in [1.82, 2.24) is 5.32 Å². The number of benzene rings is 1. The van der Waals surface area contributed by atoms with Gasteiger partial charge in [0.1, 0.15) is 0 Å². The zero-order chi connectivity index (χ0) is 13.7. The van der Waals surface area contributed by atoms with Crippen LogP contribution in [0, 0.1) is 11.8 Å². The van der Waals surface area contributed by atoms with Crippen LogP contribution in [0.5, 0.6) is 0 Å². The molecule has 0 aliphatic heterocycles. The summed E-state index contributed by atoms with van der Waals surface area (Å²) in [6.45, 7) is 6.39. The summed E-state index contributed by atoms with van der Waals surface area (Å²) < 4.78 is 1.01. The van der Waals surface area contributed by atoms with Crippen LogP contribution in [0.15, 0.2) is 28.7 Å². The third-order valence-corrected chi connectivity index (χ3v) is 3.85. The molecule has 0 radical (unpaired) electrons. The van der Waals surface area contributed by atoms with Crippen LogP contribution in [-0.2, 0) is 4.79 Å². The van der Waals surface area contributed by atoms with Crippen molar-refractivity contribution in [3.63, 3.8) is 0 Å². The van der Waals surface area contributed by atoms with E-state index >= 15 is 0 Å². The highest BCUT2D eigenvalue weighted by Crippen LogP contribution is 2.23. The number of amides is 1. The zero-order valence-electron chi connectivity index (χ0n) is 11.1. The summed E-state index contributed by atoms with van der Waals surface area (Å²) in [6.07, 6.45) is 0. The van der Waals surface area contributed by atoms with Gasteiger partial charge in [-0.05, 0) is 24.5 Å². The van der Waals surface area contributed by atoms with Crippen LogP contribution in [0.1, 0.15) is 32.4 Å². The Balaban J connectivity index is 2.73. The third kappa shape index (κ3) is 3.82. The van der Waals surface area contributed by atoms with Gasteiger partial charge >= 0.3 is 0 Å². The van der Waals surface area contributed by atoms with Crippen molar-refractivity contribution < 1.29 is 4.79 Å². The molecule has 0 heterocycles. The average Bonchev–Trinajstić information content (AvgIpc) is 2.29. The van der Waals surface area contributed by atoms with Gasteiger partial charge in [0.25, 0.3) is 0 Å². The minimum atomic E-state index is -0.130. The van der Waals surface area contributed by atoms with Crippen molar-refractivity contribution in [3.8, 4) is 0 Å². The van der Waals surface area contributed by atoms with E-state index in [1.54, 1.807) is 0 Å². The van der Waals surface area contributed by atoms with Gasteiger partial charge in [-0.25, -0.2) is 0 Å². The second-order valence-corrected chi connectivity index (χ2v) is 5.69. The summed E-state index contributed by atoms with van der Waals surface area (Å²) in [7, 11) is 0. The van der Waals surface area contributed by atoms with Crippen molar-refractivity contribution in [2.75, 3.05) is 6.54 Å². The van der Waals surface area contributed by atoms with E-state index in [1.807, 2.05) is 45.0 Å². The zero-order valence-corrected chi connectivity index (χ0v) is 12.7. The molecule has 0 saturated carbocycles. The number of hydrogen-bond acceptors (Lipinski definition) is 2. The quantitative estimate of drug-likeness (QED) is 0.878. The fourth-order valence-corrected chi connectivity index (χ4v) is 2.53. The second kappa shape index (κ2) is 6.90. The van der Waals surface area contributed by atoms with Crippen LogP contribution >= 0.6 is 15.9 Å². The molecule has 0 bridgehead atoms. The van der Waals surface area contributed by atoms with Crippen molar-refractivity contribution in [1.29, 1.82) is 0 Å². The maximum atomic E-state index is 12.1. The molecule has 0 aliphatic rings. The van der Waals surface area contributed by atoms with Gasteiger partial charge in [-0.2, -0.15) is 0 Å². The van der Waals surface area contributed by atoms with Crippen LogP contribution in [0.4, 0.5) is 0 Å². The van der Waals surface area contributed by atoms with E-state index in [4.69, 9.17) is 5.73 Å². The van der Waals surface area contributed by atoms with E-state index in [9.17, 15) is 4.79 Å². The average molecular weight is 313 g/mol. The van der Waals surface area contributed by atoms with Gasteiger partial charge in [0.15, 0.2) is 0 Å². The molecule has 1 aromatic carbocycles. The highest BCUT2D eigenvalue weighted by molar-refractivity contribution is 9.10. The molecule has 4 heteroatoms. The summed E-state index contributed by atoms with van der Waals surface area (Å²) in [5, 5.41) is 3.02. The Morgan fingerprint density at radius 1 is 1.33 bits per heavy atom. The molecule has 100 valence electrons. The number of nitrogens with one attached hydrogen (secondary N) is 1. The van der Waals surface area contributed by atoms with Gasteiger partial charge in [-0.1, -0.05) is 48.0 Å². The predicted molar refractivity (Wildman–Crippen MR) is 78.1 cm³/mol. The second-order valence-electron chi connectivity index (χ2n) is 4.84. The van der Waals surface area contributed by atoms with Crippen LogP contribution in [0.2, 0.25) is 0 Å². The van der Waals surface area contributed by atoms with Gasteiger partial charge in [0, 0.05) is 11.0 Å².